The Kier molecular flexibility index (Phi) is 4.12. The van der Waals surface area contributed by atoms with Crippen LogP contribution < -0.4 is 5.56 Å². The first-order valence-corrected chi connectivity index (χ1v) is 6.00. The van der Waals surface area contributed by atoms with Gasteiger partial charge in [-0.25, -0.2) is 9.18 Å². The number of halogens is 1. The van der Waals surface area contributed by atoms with Crippen molar-refractivity contribution in [1.82, 2.24) is 4.40 Å². The molecule has 0 saturated heterocycles. The molecule has 2 heterocycles. The van der Waals surface area contributed by atoms with E-state index in [0.29, 0.717) is 11.1 Å². The van der Waals surface area contributed by atoms with E-state index >= 15 is 0 Å². The van der Waals surface area contributed by atoms with Gasteiger partial charge in [0.15, 0.2) is 0 Å². The zero-order chi connectivity index (χ0) is 13.7. The minimum Gasteiger partial charge on any atom is -0.477 e. The quantitative estimate of drug-likeness (QED) is 0.845. The summed E-state index contributed by atoms with van der Waals surface area (Å²) in [6, 6.07) is 3.97. The first kappa shape index (κ1) is 15.3. The van der Waals surface area contributed by atoms with E-state index in [0.717, 1.165) is 29.0 Å². The number of fused-ring (bicyclic) bond motifs is 1. The van der Waals surface area contributed by atoms with Crippen molar-refractivity contribution in [3.8, 4) is 0 Å². The van der Waals surface area contributed by atoms with Gasteiger partial charge in [0.05, 0.1) is 0 Å². The van der Waals surface area contributed by atoms with Gasteiger partial charge in [-0.1, -0.05) is 24.2 Å². The molecule has 0 unspecified atom stereocenters. The minimum atomic E-state index is -1.29. The van der Waals surface area contributed by atoms with E-state index in [1.165, 1.54) is 6.07 Å². The van der Waals surface area contributed by atoms with Crippen LogP contribution in [0.15, 0.2) is 17.1 Å². The summed E-state index contributed by atoms with van der Waals surface area (Å²) in [4.78, 5) is 23.2. The van der Waals surface area contributed by atoms with E-state index in [1.54, 1.807) is 6.92 Å². The molecule has 1 aliphatic rings. The number of nitrogens with zero attached hydrogens (tertiary/aromatic N) is 1. The van der Waals surface area contributed by atoms with Gasteiger partial charge < -0.3 is 9.51 Å². The molecule has 4 nitrogen and oxygen atoms in total. The maximum atomic E-state index is 13.4. The molecule has 1 aliphatic carbocycles. The number of carboxylic acid groups (broad SMARTS) is 1. The van der Waals surface area contributed by atoms with Crippen LogP contribution in [0.4, 0.5) is 4.39 Å². The molecular weight excluding hydrogens is 338 g/mol. The fraction of sp³-hybridized carbons (Fsp3) is 0.286. The number of carbonyl (C=O) groups is 1. The normalized spacial score (nSPS) is 14.1. The largest absolute Gasteiger partial charge is 0.477 e. The summed E-state index contributed by atoms with van der Waals surface area (Å²) < 4.78 is 14.5. The molecule has 20 heavy (non-hydrogen) atoms. The Bertz CT molecular complexity index is 765. The van der Waals surface area contributed by atoms with Gasteiger partial charge in [-0.3, -0.25) is 4.79 Å². The molecule has 0 bridgehead atoms. The zero-order valence-electron chi connectivity index (χ0n) is 10.8. The number of carboxylic acids is 1. The second kappa shape index (κ2) is 5.37. The van der Waals surface area contributed by atoms with Crippen LogP contribution in [0.2, 0.25) is 0 Å². The zero-order valence-corrected chi connectivity index (χ0v) is 13.7. The van der Waals surface area contributed by atoms with Crippen LogP contribution in [-0.4, -0.2) is 15.5 Å². The summed E-state index contributed by atoms with van der Waals surface area (Å²) in [7, 11) is 0. The van der Waals surface area contributed by atoms with Gasteiger partial charge in [0.25, 0.3) is 0 Å². The first-order valence-electron chi connectivity index (χ1n) is 6.00. The number of aryl methyl sites for hydroxylation is 1. The van der Waals surface area contributed by atoms with E-state index < -0.39 is 17.3 Å². The average Bonchev–Trinajstić information content (AvgIpc) is 3.13. The van der Waals surface area contributed by atoms with Crippen molar-refractivity contribution in [2.45, 2.75) is 25.7 Å². The van der Waals surface area contributed by atoms with Crippen LogP contribution in [0.1, 0.15) is 40.2 Å². The molecule has 0 amide bonds. The summed E-state index contributed by atoms with van der Waals surface area (Å²) in [5.41, 5.74) is 0.882. The maximum Gasteiger partial charge on any atom is 0.341 e. The molecule has 1 saturated carbocycles. The third-order valence-corrected chi connectivity index (χ3v) is 3.42. The predicted octanol–water partition coefficient (Wildman–Crippen LogP) is 2.12. The van der Waals surface area contributed by atoms with Crippen LogP contribution in [0, 0.1) is 18.8 Å². The van der Waals surface area contributed by atoms with Crippen molar-refractivity contribution in [3.63, 3.8) is 0 Å². The topological polar surface area (TPSA) is 58.8 Å². The summed E-state index contributed by atoms with van der Waals surface area (Å²) in [5.74, 6) is -1.70. The van der Waals surface area contributed by atoms with Gasteiger partial charge in [-0.05, 0) is 24.8 Å². The molecule has 0 atom stereocenters. The molecule has 0 spiro atoms. The fourth-order valence-electron chi connectivity index (χ4n) is 2.42. The number of aromatic nitrogens is 1. The Morgan fingerprint density at radius 3 is 2.70 bits per heavy atom. The third kappa shape index (κ3) is 2.44. The van der Waals surface area contributed by atoms with Crippen molar-refractivity contribution in [3.05, 3.63) is 51.2 Å². The van der Waals surface area contributed by atoms with E-state index in [-0.39, 0.29) is 44.2 Å². The van der Waals surface area contributed by atoms with E-state index in [9.17, 15) is 14.0 Å². The maximum absolute atomic E-state index is 13.4. The second-order valence-corrected chi connectivity index (χ2v) is 4.84. The number of hydrogen-bond donors (Lipinski definition) is 1. The Morgan fingerprint density at radius 1 is 1.50 bits per heavy atom. The fourth-order valence-corrected chi connectivity index (χ4v) is 2.42. The monoisotopic (exact) mass is 349 g/mol. The summed E-state index contributed by atoms with van der Waals surface area (Å²) >= 11 is 0. The molecule has 3 rings (SSSR count). The van der Waals surface area contributed by atoms with E-state index in [4.69, 9.17) is 5.11 Å². The standard InChI is InChI=1S/C14H11FNO3.Y/c1-7-4-9(15)6-16-12(7)10(8-2-3-8)5-11(13(16)17)14(18)19;/h5-6,8H,2-3H2,1H3,(H,18,19);/q-1;. The number of rotatable bonds is 2. The van der Waals surface area contributed by atoms with E-state index in [2.05, 4.69) is 6.07 Å². The Hall–Kier alpha value is -1.07. The number of hydrogen-bond acceptors (Lipinski definition) is 2. The van der Waals surface area contributed by atoms with Crippen LogP contribution in [0.3, 0.4) is 0 Å². The van der Waals surface area contributed by atoms with Crippen molar-refractivity contribution in [1.29, 1.82) is 0 Å². The molecular formula is C14H11FNO3Y-. The number of aromatic carboxylic acids is 1. The minimum absolute atomic E-state index is 0. The Balaban J connectivity index is 0.00000147. The van der Waals surface area contributed by atoms with Gasteiger partial charge in [0, 0.05) is 38.5 Å². The molecule has 0 aromatic carbocycles. The summed E-state index contributed by atoms with van der Waals surface area (Å²) in [6.07, 6.45) is 2.93. The molecule has 1 N–H and O–H groups in total. The van der Waals surface area contributed by atoms with Crippen molar-refractivity contribution in [2.75, 3.05) is 0 Å². The van der Waals surface area contributed by atoms with Gasteiger partial charge in [0.1, 0.15) is 5.56 Å². The van der Waals surface area contributed by atoms with Crippen LogP contribution >= 0.6 is 0 Å². The first-order chi connectivity index (χ1) is 8.99. The molecule has 2 aromatic heterocycles. The second-order valence-electron chi connectivity index (χ2n) is 4.84. The third-order valence-electron chi connectivity index (χ3n) is 3.42. The summed E-state index contributed by atoms with van der Waals surface area (Å²) in [6.45, 7) is 1.67. The number of pyridine rings is 2. The predicted molar refractivity (Wildman–Crippen MR) is 66.1 cm³/mol. The van der Waals surface area contributed by atoms with Crippen LogP contribution in [0.25, 0.3) is 5.52 Å². The average molecular weight is 349 g/mol. The van der Waals surface area contributed by atoms with Crippen LogP contribution in [-0.2, 0) is 32.7 Å². The molecule has 1 fully saturated rings. The van der Waals surface area contributed by atoms with Gasteiger partial charge in [-0.2, -0.15) is 0 Å². The van der Waals surface area contributed by atoms with Crippen LogP contribution in [0.5, 0.6) is 0 Å². The molecule has 101 valence electrons. The van der Waals surface area contributed by atoms with Gasteiger partial charge in [-0.15, -0.1) is 11.6 Å². The Morgan fingerprint density at radius 2 is 2.15 bits per heavy atom. The molecule has 1 radical (unpaired) electrons. The smallest absolute Gasteiger partial charge is 0.341 e. The molecule has 2 aromatic rings. The molecule has 0 aliphatic heterocycles. The Labute approximate surface area is 139 Å². The van der Waals surface area contributed by atoms with Gasteiger partial charge >= 0.3 is 5.97 Å². The SMILES string of the molecule is Cc1[c-]c(F)cn2c(=O)c(C(=O)O)cc(C3CC3)c12.[Y]. The molecule has 6 heteroatoms. The van der Waals surface area contributed by atoms with Crippen molar-refractivity contribution < 1.29 is 47.0 Å². The van der Waals surface area contributed by atoms with E-state index in [1.807, 2.05) is 0 Å². The van der Waals surface area contributed by atoms with Crippen molar-refractivity contribution in [2.24, 2.45) is 0 Å². The van der Waals surface area contributed by atoms with Gasteiger partial charge in [0.2, 0.25) is 5.56 Å². The van der Waals surface area contributed by atoms with Crippen molar-refractivity contribution >= 4 is 11.5 Å². The summed E-state index contributed by atoms with van der Waals surface area (Å²) in [5, 5.41) is 9.08.